The van der Waals surface area contributed by atoms with Crippen LogP contribution < -0.4 is 0 Å². The van der Waals surface area contributed by atoms with Gasteiger partial charge in [-0.15, -0.1) is 0 Å². The van der Waals surface area contributed by atoms with Crippen LogP contribution in [-0.4, -0.2) is 17.6 Å². The van der Waals surface area contributed by atoms with Gasteiger partial charge in [-0.05, 0) is 12.5 Å². The zero-order valence-corrected chi connectivity index (χ0v) is 9.07. The van der Waals surface area contributed by atoms with Crippen LogP contribution in [0.3, 0.4) is 0 Å². The first-order valence-electron chi connectivity index (χ1n) is 4.78. The van der Waals surface area contributed by atoms with Crippen molar-refractivity contribution in [2.45, 2.75) is 6.92 Å². The SMILES string of the molecule is COC(=O)c1cn(C)c2c(C)cccc12. The van der Waals surface area contributed by atoms with E-state index in [2.05, 4.69) is 0 Å². The maximum atomic E-state index is 11.5. The molecule has 0 radical (unpaired) electrons. The highest BCUT2D eigenvalue weighted by Crippen LogP contribution is 2.23. The van der Waals surface area contributed by atoms with Crippen LogP contribution in [-0.2, 0) is 11.8 Å². The van der Waals surface area contributed by atoms with E-state index in [1.54, 1.807) is 0 Å². The van der Waals surface area contributed by atoms with Crippen molar-refractivity contribution in [2.24, 2.45) is 7.05 Å². The standard InChI is InChI=1S/C12H13NO2/c1-8-5-4-6-9-10(12(14)15-3)7-13(2)11(8)9/h4-7H,1-3H3. The summed E-state index contributed by atoms with van der Waals surface area (Å²) in [5.41, 5.74) is 2.86. The molecule has 0 amide bonds. The van der Waals surface area contributed by atoms with Gasteiger partial charge in [0.2, 0.25) is 0 Å². The first kappa shape index (κ1) is 9.77. The van der Waals surface area contributed by atoms with E-state index in [-0.39, 0.29) is 5.97 Å². The molecule has 0 saturated heterocycles. The summed E-state index contributed by atoms with van der Waals surface area (Å²) >= 11 is 0. The quantitative estimate of drug-likeness (QED) is 0.666. The molecule has 0 saturated carbocycles. The number of para-hydroxylation sites is 1. The Hall–Kier alpha value is -1.77. The Labute approximate surface area is 88.3 Å². The third-order valence-corrected chi connectivity index (χ3v) is 2.61. The van der Waals surface area contributed by atoms with Crippen LogP contribution in [0.25, 0.3) is 10.9 Å². The van der Waals surface area contributed by atoms with Crippen LogP contribution in [0.2, 0.25) is 0 Å². The highest BCUT2D eigenvalue weighted by molar-refractivity contribution is 6.05. The van der Waals surface area contributed by atoms with Crippen molar-refractivity contribution in [1.29, 1.82) is 0 Å². The lowest BCUT2D eigenvalue weighted by Gasteiger charge is -1.99. The van der Waals surface area contributed by atoms with Gasteiger partial charge in [0, 0.05) is 18.6 Å². The largest absolute Gasteiger partial charge is 0.465 e. The fourth-order valence-electron chi connectivity index (χ4n) is 1.94. The predicted molar refractivity (Wildman–Crippen MR) is 59.0 cm³/mol. The van der Waals surface area contributed by atoms with Crippen molar-refractivity contribution in [1.82, 2.24) is 4.57 Å². The number of methoxy groups -OCH3 is 1. The molecule has 1 aromatic carbocycles. The number of rotatable bonds is 1. The molecule has 0 fully saturated rings. The van der Waals surface area contributed by atoms with E-state index in [9.17, 15) is 4.79 Å². The topological polar surface area (TPSA) is 31.2 Å². The summed E-state index contributed by atoms with van der Waals surface area (Å²) in [6.45, 7) is 2.03. The maximum Gasteiger partial charge on any atom is 0.340 e. The molecular formula is C12H13NO2. The summed E-state index contributed by atoms with van der Waals surface area (Å²) < 4.78 is 6.70. The minimum atomic E-state index is -0.286. The molecule has 0 aliphatic carbocycles. The van der Waals surface area contributed by atoms with Crippen molar-refractivity contribution in [3.63, 3.8) is 0 Å². The third kappa shape index (κ3) is 1.40. The van der Waals surface area contributed by atoms with E-state index >= 15 is 0 Å². The van der Waals surface area contributed by atoms with E-state index in [1.807, 2.05) is 42.9 Å². The second-order valence-corrected chi connectivity index (χ2v) is 3.62. The molecule has 0 spiro atoms. The Kier molecular flexibility index (Phi) is 2.23. The summed E-state index contributed by atoms with van der Waals surface area (Å²) in [5.74, 6) is -0.286. The van der Waals surface area contributed by atoms with Crippen molar-refractivity contribution in [3.8, 4) is 0 Å². The molecule has 0 atom stereocenters. The molecule has 0 aliphatic rings. The van der Waals surface area contributed by atoms with Crippen LogP contribution in [0.5, 0.6) is 0 Å². The van der Waals surface area contributed by atoms with Crippen LogP contribution >= 0.6 is 0 Å². The Morgan fingerprint density at radius 3 is 2.80 bits per heavy atom. The summed E-state index contributed by atoms with van der Waals surface area (Å²) in [6, 6.07) is 5.92. The van der Waals surface area contributed by atoms with Crippen molar-refractivity contribution < 1.29 is 9.53 Å². The van der Waals surface area contributed by atoms with E-state index in [0.29, 0.717) is 5.56 Å². The number of ether oxygens (including phenoxy) is 1. The first-order valence-corrected chi connectivity index (χ1v) is 4.78. The van der Waals surface area contributed by atoms with Gasteiger partial charge in [0.15, 0.2) is 0 Å². The number of fused-ring (bicyclic) bond motifs is 1. The van der Waals surface area contributed by atoms with Crippen LogP contribution in [0.1, 0.15) is 15.9 Å². The summed E-state index contributed by atoms with van der Waals surface area (Å²) in [4.78, 5) is 11.5. The predicted octanol–water partition coefficient (Wildman–Crippen LogP) is 2.27. The number of hydrogen-bond acceptors (Lipinski definition) is 2. The fourth-order valence-corrected chi connectivity index (χ4v) is 1.94. The minimum Gasteiger partial charge on any atom is -0.465 e. The van der Waals surface area contributed by atoms with Gasteiger partial charge in [-0.3, -0.25) is 0 Å². The van der Waals surface area contributed by atoms with E-state index in [1.165, 1.54) is 7.11 Å². The van der Waals surface area contributed by atoms with Crippen LogP contribution in [0.4, 0.5) is 0 Å². The molecule has 3 nitrogen and oxygen atoms in total. The first-order chi connectivity index (χ1) is 7.15. The number of esters is 1. The highest BCUT2D eigenvalue weighted by atomic mass is 16.5. The fraction of sp³-hybridized carbons (Fsp3) is 0.250. The number of nitrogens with zero attached hydrogens (tertiary/aromatic N) is 1. The number of carbonyl (C=O) groups excluding carboxylic acids is 1. The lowest BCUT2D eigenvalue weighted by molar-refractivity contribution is 0.0603. The number of carbonyl (C=O) groups is 1. The number of benzene rings is 1. The highest BCUT2D eigenvalue weighted by Gasteiger charge is 2.14. The number of aromatic nitrogens is 1. The molecule has 0 bridgehead atoms. The lowest BCUT2D eigenvalue weighted by Crippen LogP contribution is -1.99. The Balaban J connectivity index is 2.79. The maximum absolute atomic E-state index is 11.5. The van der Waals surface area contributed by atoms with Crippen LogP contribution in [0.15, 0.2) is 24.4 Å². The summed E-state index contributed by atoms with van der Waals surface area (Å²) in [7, 11) is 3.33. The van der Waals surface area contributed by atoms with Gasteiger partial charge in [0.25, 0.3) is 0 Å². The summed E-state index contributed by atoms with van der Waals surface area (Å²) in [6.07, 6.45) is 1.81. The normalized spacial score (nSPS) is 10.6. The molecule has 15 heavy (non-hydrogen) atoms. The van der Waals surface area contributed by atoms with Gasteiger partial charge in [-0.25, -0.2) is 4.79 Å². The number of aryl methyl sites for hydroxylation is 2. The van der Waals surface area contributed by atoms with Gasteiger partial charge in [-0.2, -0.15) is 0 Å². The Morgan fingerprint density at radius 1 is 1.40 bits per heavy atom. The van der Waals surface area contributed by atoms with E-state index in [4.69, 9.17) is 4.74 Å². The zero-order chi connectivity index (χ0) is 11.0. The Morgan fingerprint density at radius 2 is 2.13 bits per heavy atom. The molecule has 78 valence electrons. The van der Waals surface area contributed by atoms with Gasteiger partial charge >= 0.3 is 5.97 Å². The van der Waals surface area contributed by atoms with Gasteiger partial charge < -0.3 is 9.30 Å². The number of hydrogen-bond donors (Lipinski definition) is 0. The molecule has 0 N–H and O–H groups in total. The second kappa shape index (κ2) is 3.42. The minimum absolute atomic E-state index is 0.286. The average molecular weight is 203 g/mol. The van der Waals surface area contributed by atoms with E-state index < -0.39 is 0 Å². The molecule has 1 aromatic heterocycles. The lowest BCUT2D eigenvalue weighted by atomic mass is 10.1. The molecule has 1 heterocycles. The van der Waals surface area contributed by atoms with Crippen LogP contribution in [0, 0.1) is 6.92 Å². The average Bonchev–Trinajstić information content (AvgIpc) is 2.56. The van der Waals surface area contributed by atoms with Crippen molar-refractivity contribution in [3.05, 3.63) is 35.5 Å². The molecule has 2 rings (SSSR count). The van der Waals surface area contributed by atoms with Gasteiger partial charge in [0.05, 0.1) is 18.2 Å². The van der Waals surface area contributed by atoms with Crippen molar-refractivity contribution in [2.75, 3.05) is 7.11 Å². The molecule has 0 unspecified atom stereocenters. The van der Waals surface area contributed by atoms with Gasteiger partial charge in [-0.1, -0.05) is 18.2 Å². The molecule has 0 aliphatic heterocycles. The molecule has 2 aromatic rings. The smallest absolute Gasteiger partial charge is 0.340 e. The van der Waals surface area contributed by atoms with E-state index in [0.717, 1.165) is 16.5 Å². The van der Waals surface area contributed by atoms with Crippen molar-refractivity contribution >= 4 is 16.9 Å². The Bertz CT molecular complexity index is 526. The molecule has 3 heteroatoms. The summed E-state index contributed by atoms with van der Waals surface area (Å²) in [5, 5.41) is 0.948. The molecular weight excluding hydrogens is 190 g/mol. The monoisotopic (exact) mass is 203 g/mol. The van der Waals surface area contributed by atoms with Gasteiger partial charge in [0.1, 0.15) is 0 Å². The third-order valence-electron chi connectivity index (χ3n) is 2.61. The zero-order valence-electron chi connectivity index (χ0n) is 9.07. The second-order valence-electron chi connectivity index (χ2n) is 3.62.